The first-order valence-corrected chi connectivity index (χ1v) is 7.66. The van der Waals surface area contributed by atoms with Gasteiger partial charge in [0.05, 0.1) is 5.75 Å². The van der Waals surface area contributed by atoms with E-state index in [0.717, 1.165) is 4.90 Å². The molecule has 1 amide bonds. The third kappa shape index (κ3) is 3.73. The van der Waals surface area contributed by atoms with Gasteiger partial charge in [0.15, 0.2) is 0 Å². The molecule has 2 aromatic carbocycles. The van der Waals surface area contributed by atoms with Gasteiger partial charge in [-0.25, -0.2) is 0 Å². The summed E-state index contributed by atoms with van der Waals surface area (Å²) in [7, 11) is 0. The number of anilines is 1. The van der Waals surface area contributed by atoms with Crippen molar-refractivity contribution in [1.82, 2.24) is 10.2 Å². The summed E-state index contributed by atoms with van der Waals surface area (Å²) in [6.45, 7) is 0. The molecule has 5 nitrogen and oxygen atoms in total. The lowest BCUT2D eigenvalue weighted by Crippen LogP contribution is -2.11. The number of carbonyl (C=O) groups is 1. The quantitative estimate of drug-likeness (QED) is 0.729. The first kappa shape index (κ1) is 14.3. The monoisotopic (exact) mass is 311 g/mol. The van der Waals surface area contributed by atoms with Gasteiger partial charge in [0, 0.05) is 10.5 Å². The maximum Gasteiger partial charge on any atom is 0.322 e. The summed E-state index contributed by atoms with van der Waals surface area (Å²) in [4.78, 5) is 13.1. The van der Waals surface area contributed by atoms with Gasteiger partial charge < -0.3 is 4.42 Å². The molecule has 0 fully saturated rings. The smallest absolute Gasteiger partial charge is 0.322 e. The molecule has 1 aromatic heterocycles. The Bertz CT molecular complexity index is 744. The molecule has 0 bridgehead atoms. The van der Waals surface area contributed by atoms with Crippen LogP contribution < -0.4 is 5.32 Å². The Morgan fingerprint density at radius 3 is 2.41 bits per heavy atom. The highest BCUT2D eigenvalue weighted by molar-refractivity contribution is 7.98. The SMILES string of the molecule is O=C(Nc1nnc(CSc2ccccc2)o1)c1ccccc1. The van der Waals surface area contributed by atoms with Crippen LogP contribution in [0, 0.1) is 0 Å². The highest BCUT2D eigenvalue weighted by Crippen LogP contribution is 2.22. The van der Waals surface area contributed by atoms with E-state index in [-0.39, 0.29) is 11.9 Å². The number of nitrogens with zero attached hydrogens (tertiary/aromatic N) is 2. The van der Waals surface area contributed by atoms with Crippen molar-refractivity contribution in [3.05, 3.63) is 72.1 Å². The molecule has 0 atom stereocenters. The summed E-state index contributed by atoms with van der Waals surface area (Å²) >= 11 is 1.59. The fourth-order valence-corrected chi connectivity index (χ4v) is 2.54. The summed E-state index contributed by atoms with van der Waals surface area (Å²) < 4.78 is 5.42. The molecule has 0 saturated heterocycles. The second-order valence-electron chi connectivity index (χ2n) is 4.42. The fourth-order valence-electron chi connectivity index (χ4n) is 1.78. The van der Waals surface area contributed by atoms with Crippen LogP contribution in [0.15, 0.2) is 70.0 Å². The molecular formula is C16H13N3O2S. The zero-order valence-corrected chi connectivity index (χ0v) is 12.4. The van der Waals surface area contributed by atoms with Gasteiger partial charge in [-0.15, -0.1) is 16.9 Å². The third-order valence-electron chi connectivity index (χ3n) is 2.83. The molecule has 110 valence electrons. The first-order valence-electron chi connectivity index (χ1n) is 6.68. The molecule has 0 aliphatic heterocycles. The largest absolute Gasteiger partial charge is 0.407 e. The van der Waals surface area contributed by atoms with Crippen molar-refractivity contribution in [2.24, 2.45) is 0 Å². The molecule has 0 unspecified atom stereocenters. The summed E-state index contributed by atoms with van der Waals surface area (Å²) in [6.07, 6.45) is 0. The van der Waals surface area contributed by atoms with Crippen molar-refractivity contribution in [2.75, 3.05) is 5.32 Å². The van der Waals surface area contributed by atoms with Gasteiger partial charge in [-0.05, 0) is 24.3 Å². The minimum absolute atomic E-state index is 0.109. The molecule has 0 spiro atoms. The summed E-state index contributed by atoms with van der Waals surface area (Å²) in [6, 6.07) is 18.9. The lowest BCUT2D eigenvalue weighted by atomic mass is 10.2. The highest BCUT2D eigenvalue weighted by Gasteiger charge is 2.11. The van der Waals surface area contributed by atoms with Crippen LogP contribution >= 0.6 is 11.8 Å². The Morgan fingerprint density at radius 2 is 1.68 bits per heavy atom. The van der Waals surface area contributed by atoms with Gasteiger partial charge in [-0.1, -0.05) is 41.5 Å². The first-order chi connectivity index (χ1) is 10.8. The standard InChI is InChI=1S/C16H13N3O2S/c20-15(12-7-3-1-4-8-12)17-16-19-18-14(21-16)11-22-13-9-5-2-6-10-13/h1-10H,11H2,(H,17,19,20). The zero-order chi connectivity index (χ0) is 15.2. The van der Waals surface area contributed by atoms with Gasteiger partial charge in [-0.2, -0.15) is 0 Å². The molecule has 3 rings (SSSR count). The van der Waals surface area contributed by atoms with Crippen molar-refractivity contribution in [1.29, 1.82) is 0 Å². The van der Waals surface area contributed by atoms with E-state index in [4.69, 9.17) is 4.42 Å². The van der Waals surface area contributed by atoms with E-state index in [2.05, 4.69) is 15.5 Å². The molecule has 0 saturated carbocycles. The third-order valence-corrected chi connectivity index (χ3v) is 3.83. The molecule has 1 heterocycles. The average Bonchev–Trinajstić information content (AvgIpc) is 3.02. The number of amides is 1. The van der Waals surface area contributed by atoms with Crippen LogP contribution in [0.25, 0.3) is 0 Å². The Labute approximate surface area is 131 Å². The van der Waals surface area contributed by atoms with E-state index in [1.54, 1.807) is 36.0 Å². The van der Waals surface area contributed by atoms with Crippen molar-refractivity contribution in [3.63, 3.8) is 0 Å². The van der Waals surface area contributed by atoms with Crippen LogP contribution in [0.5, 0.6) is 0 Å². The second-order valence-corrected chi connectivity index (χ2v) is 5.47. The predicted octanol–water partition coefficient (Wildman–Crippen LogP) is 3.61. The van der Waals surface area contributed by atoms with E-state index < -0.39 is 0 Å². The molecule has 1 N–H and O–H groups in total. The number of aromatic nitrogens is 2. The molecule has 0 aliphatic carbocycles. The van der Waals surface area contributed by atoms with Gasteiger partial charge in [-0.3, -0.25) is 10.1 Å². The van der Waals surface area contributed by atoms with Crippen molar-refractivity contribution in [3.8, 4) is 0 Å². The van der Waals surface area contributed by atoms with Crippen molar-refractivity contribution >= 4 is 23.7 Å². The Kier molecular flexibility index (Phi) is 4.50. The van der Waals surface area contributed by atoms with E-state index in [0.29, 0.717) is 17.2 Å². The fraction of sp³-hybridized carbons (Fsp3) is 0.0625. The highest BCUT2D eigenvalue weighted by atomic mass is 32.2. The number of hydrogen-bond acceptors (Lipinski definition) is 5. The minimum atomic E-state index is -0.272. The van der Waals surface area contributed by atoms with E-state index in [1.807, 2.05) is 36.4 Å². The maximum atomic E-state index is 12.0. The molecule has 3 aromatic rings. The van der Waals surface area contributed by atoms with Gasteiger partial charge >= 0.3 is 6.01 Å². The van der Waals surface area contributed by atoms with E-state index in [1.165, 1.54) is 0 Å². The topological polar surface area (TPSA) is 68.0 Å². The summed E-state index contributed by atoms with van der Waals surface area (Å²) in [5.74, 6) is 0.752. The number of hydrogen-bond donors (Lipinski definition) is 1. The predicted molar refractivity (Wildman–Crippen MR) is 84.7 cm³/mol. The van der Waals surface area contributed by atoms with Crippen molar-refractivity contribution in [2.45, 2.75) is 10.6 Å². The maximum absolute atomic E-state index is 12.0. The van der Waals surface area contributed by atoms with Gasteiger partial charge in [0.1, 0.15) is 0 Å². The second kappa shape index (κ2) is 6.91. The Balaban J connectivity index is 1.58. The molecule has 6 heteroatoms. The van der Waals surface area contributed by atoms with E-state index in [9.17, 15) is 4.79 Å². The number of nitrogens with one attached hydrogen (secondary N) is 1. The van der Waals surface area contributed by atoms with Crippen LogP contribution in [-0.2, 0) is 5.75 Å². The Morgan fingerprint density at radius 1 is 1.00 bits per heavy atom. The molecule has 0 radical (unpaired) electrons. The lowest BCUT2D eigenvalue weighted by Gasteiger charge is -1.99. The zero-order valence-electron chi connectivity index (χ0n) is 11.6. The lowest BCUT2D eigenvalue weighted by molar-refractivity contribution is 0.102. The summed E-state index contributed by atoms with van der Waals surface area (Å²) in [5.41, 5.74) is 0.543. The normalized spacial score (nSPS) is 10.4. The average molecular weight is 311 g/mol. The van der Waals surface area contributed by atoms with Crippen LogP contribution in [0.2, 0.25) is 0 Å². The van der Waals surface area contributed by atoms with Crippen LogP contribution in [0.1, 0.15) is 16.2 Å². The molecule has 22 heavy (non-hydrogen) atoms. The minimum Gasteiger partial charge on any atom is -0.407 e. The van der Waals surface area contributed by atoms with Crippen molar-refractivity contribution < 1.29 is 9.21 Å². The van der Waals surface area contributed by atoms with Gasteiger partial charge in [0.25, 0.3) is 5.91 Å². The van der Waals surface area contributed by atoms with Crippen LogP contribution in [-0.4, -0.2) is 16.1 Å². The van der Waals surface area contributed by atoms with Gasteiger partial charge in [0.2, 0.25) is 5.89 Å². The number of carbonyl (C=O) groups excluding carboxylic acids is 1. The van der Waals surface area contributed by atoms with Crippen LogP contribution in [0.3, 0.4) is 0 Å². The Hall–Kier alpha value is -2.60. The molecule has 0 aliphatic rings. The number of rotatable bonds is 5. The number of benzene rings is 2. The number of thioether (sulfide) groups is 1. The van der Waals surface area contributed by atoms with E-state index >= 15 is 0 Å². The molecular weight excluding hydrogens is 298 g/mol. The van der Waals surface area contributed by atoms with Crippen LogP contribution in [0.4, 0.5) is 6.01 Å². The summed E-state index contributed by atoms with van der Waals surface area (Å²) in [5, 5.41) is 10.3.